The third-order valence-electron chi connectivity index (χ3n) is 4.03. The van der Waals surface area contributed by atoms with Crippen LogP contribution in [0, 0.1) is 0 Å². The Morgan fingerprint density at radius 3 is 2.56 bits per heavy atom. The van der Waals surface area contributed by atoms with Crippen LogP contribution in [0.15, 0.2) is 60.8 Å². The number of nitrogens with one attached hydrogen (secondary N) is 1. The summed E-state index contributed by atoms with van der Waals surface area (Å²) in [5.74, 6) is -1.40. The van der Waals surface area contributed by atoms with Gasteiger partial charge in [-0.15, -0.1) is 0 Å². The number of aryl methyl sites for hydroxylation is 1. The number of rotatable bonds is 6. The Hall–Kier alpha value is -2.79. The van der Waals surface area contributed by atoms with Crippen LogP contribution in [0.4, 0.5) is 0 Å². The van der Waals surface area contributed by atoms with E-state index in [9.17, 15) is 14.7 Å². The monoisotopic (exact) mass is 356 g/mol. The summed E-state index contributed by atoms with van der Waals surface area (Å²) in [5.41, 5.74) is 1.49. The number of carbonyl (C=O) groups excluding carboxylic acids is 1. The van der Waals surface area contributed by atoms with E-state index in [4.69, 9.17) is 11.6 Å². The van der Waals surface area contributed by atoms with Crippen LogP contribution in [0.2, 0.25) is 5.02 Å². The van der Waals surface area contributed by atoms with E-state index in [1.165, 1.54) is 0 Å². The lowest BCUT2D eigenvalue weighted by Gasteiger charge is -2.15. The molecule has 0 aliphatic rings. The third-order valence-corrected chi connectivity index (χ3v) is 4.36. The van der Waals surface area contributed by atoms with Crippen LogP contribution in [0.3, 0.4) is 0 Å². The average molecular weight is 357 g/mol. The summed E-state index contributed by atoms with van der Waals surface area (Å²) in [6.45, 7) is 0.441. The van der Waals surface area contributed by atoms with Gasteiger partial charge in [-0.25, -0.2) is 4.79 Å². The largest absolute Gasteiger partial charge is 0.479 e. The Morgan fingerprint density at radius 1 is 1.08 bits per heavy atom. The van der Waals surface area contributed by atoms with E-state index in [2.05, 4.69) is 5.32 Å². The lowest BCUT2D eigenvalue weighted by Crippen LogP contribution is -2.34. The van der Waals surface area contributed by atoms with Gasteiger partial charge < -0.3 is 15.0 Å². The zero-order valence-corrected chi connectivity index (χ0v) is 14.1. The molecule has 0 aliphatic carbocycles. The number of carbonyl (C=O) groups is 2. The van der Waals surface area contributed by atoms with Crippen molar-refractivity contribution in [3.63, 3.8) is 0 Å². The van der Waals surface area contributed by atoms with Crippen molar-refractivity contribution in [2.24, 2.45) is 0 Å². The van der Waals surface area contributed by atoms with Crippen molar-refractivity contribution in [3.8, 4) is 0 Å². The third kappa shape index (κ3) is 3.83. The van der Waals surface area contributed by atoms with Crippen LogP contribution in [-0.4, -0.2) is 21.6 Å². The van der Waals surface area contributed by atoms with Crippen LogP contribution in [0.1, 0.15) is 18.0 Å². The average Bonchev–Trinajstić information content (AvgIpc) is 3.03. The van der Waals surface area contributed by atoms with Gasteiger partial charge in [-0.05, 0) is 23.8 Å². The topological polar surface area (TPSA) is 71.3 Å². The van der Waals surface area contributed by atoms with Crippen molar-refractivity contribution >= 4 is 34.4 Å². The Bertz CT molecular complexity index is 905. The van der Waals surface area contributed by atoms with Crippen LogP contribution in [0.5, 0.6) is 0 Å². The summed E-state index contributed by atoms with van der Waals surface area (Å²) >= 11 is 6.15. The molecule has 128 valence electrons. The molecule has 0 saturated heterocycles. The second-order valence-electron chi connectivity index (χ2n) is 5.68. The second kappa shape index (κ2) is 7.40. The van der Waals surface area contributed by atoms with Crippen molar-refractivity contribution < 1.29 is 14.7 Å². The number of fused-ring (bicyclic) bond motifs is 1. The summed E-state index contributed by atoms with van der Waals surface area (Å²) in [6, 6.07) is 15.1. The minimum Gasteiger partial charge on any atom is -0.479 e. The minimum atomic E-state index is -1.09. The van der Waals surface area contributed by atoms with Gasteiger partial charge in [-0.1, -0.05) is 48.0 Å². The van der Waals surface area contributed by atoms with Crippen molar-refractivity contribution in [3.05, 3.63) is 71.4 Å². The van der Waals surface area contributed by atoms with E-state index in [1.807, 2.05) is 35.0 Å². The molecule has 0 saturated carbocycles. The number of nitrogens with zero attached hydrogens (tertiary/aromatic N) is 1. The van der Waals surface area contributed by atoms with Gasteiger partial charge in [0.25, 0.3) is 0 Å². The SMILES string of the molecule is O=C(CCn1ccc2c(Cl)cccc21)NC(C(=O)O)c1ccccc1. The molecule has 3 rings (SSSR count). The van der Waals surface area contributed by atoms with E-state index >= 15 is 0 Å². The second-order valence-corrected chi connectivity index (χ2v) is 6.09. The Labute approximate surface area is 149 Å². The highest BCUT2D eigenvalue weighted by atomic mass is 35.5. The van der Waals surface area contributed by atoms with E-state index in [-0.39, 0.29) is 12.3 Å². The molecule has 0 fully saturated rings. The Balaban J connectivity index is 1.67. The first-order valence-corrected chi connectivity index (χ1v) is 8.24. The summed E-state index contributed by atoms with van der Waals surface area (Å²) in [4.78, 5) is 23.7. The number of carboxylic acids is 1. The first-order valence-electron chi connectivity index (χ1n) is 7.87. The van der Waals surface area contributed by atoms with Crippen LogP contribution in [0.25, 0.3) is 10.9 Å². The molecular formula is C19H17ClN2O3. The molecule has 1 amide bonds. The molecule has 6 heteroatoms. The molecule has 25 heavy (non-hydrogen) atoms. The van der Waals surface area contributed by atoms with E-state index in [1.54, 1.807) is 30.3 Å². The molecule has 1 aromatic heterocycles. The summed E-state index contributed by atoms with van der Waals surface area (Å²) < 4.78 is 1.93. The lowest BCUT2D eigenvalue weighted by molar-refractivity contribution is -0.142. The minimum absolute atomic E-state index is 0.174. The first-order chi connectivity index (χ1) is 12.1. The van der Waals surface area contributed by atoms with E-state index < -0.39 is 12.0 Å². The van der Waals surface area contributed by atoms with Gasteiger partial charge in [0.2, 0.25) is 5.91 Å². The Kier molecular flexibility index (Phi) is 5.05. The predicted octanol–water partition coefficient (Wildman–Crippen LogP) is 3.63. The molecular weight excluding hydrogens is 340 g/mol. The molecule has 2 N–H and O–H groups in total. The van der Waals surface area contributed by atoms with Crippen LogP contribution < -0.4 is 5.32 Å². The fourth-order valence-electron chi connectivity index (χ4n) is 2.77. The van der Waals surface area contributed by atoms with Crippen LogP contribution in [-0.2, 0) is 16.1 Å². The van der Waals surface area contributed by atoms with Crippen molar-refractivity contribution in [1.82, 2.24) is 9.88 Å². The first kappa shape index (κ1) is 17.0. The van der Waals surface area contributed by atoms with E-state index in [0.717, 1.165) is 10.9 Å². The smallest absolute Gasteiger partial charge is 0.330 e. The molecule has 0 aliphatic heterocycles. The number of benzene rings is 2. The fraction of sp³-hybridized carbons (Fsp3) is 0.158. The number of aliphatic carboxylic acids is 1. The zero-order chi connectivity index (χ0) is 17.8. The Morgan fingerprint density at radius 2 is 1.84 bits per heavy atom. The maximum Gasteiger partial charge on any atom is 0.330 e. The standard InChI is InChI=1S/C19H17ClN2O3/c20-15-7-4-8-16-14(15)9-11-22(16)12-10-17(23)21-18(19(24)25)13-5-2-1-3-6-13/h1-9,11,18H,10,12H2,(H,21,23)(H,24,25). The van der Waals surface area contributed by atoms with Gasteiger partial charge in [0.15, 0.2) is 6.04 Å². The van der Waals surface area contributed by atoms with Gasteiger partial charge in [0.05, 0.1) is 0 Å². The quantitative estimate of drug-likeness (QED) is 0.708. The number of hydrogen-bond acceptors (Lipinski definition) is 2. The number of halogens is 1. The van der Waals surface area contributed by atoms with Gasteiger partial charge in [-0.3, -0.25) is 4.79 Å². The fourth-order valence-corrected chi connectivity index (χ4v) is 3.00. The van der Waals surface area contributed by atoms with Gasteiger partial charge >= 0.3 is 5.97 Å². The van der Waals surface area contributed by atoms with Gasteiger partial charge in [-0.2, -0.15) is 0 Å². The van der Waals surface area contributed by atoms with Gasteiger partial charge in [0.1, 0.15) is 0 Å². The highest BCUT2D eigenvalue weighted by Crippen LogP contribution is 2.24. The highest BCUT2D eigenvalue weighted by molar-refractivity contribution is 6.35. The summed E-state index contributed by atoms with van der Waals surface area (Å²) in [5, 5.41) is 13.5. The number of carboxylic acid groups (broad SMARTS) is 1. The molecule has 2 aromatic carbocycles. The number of aromatic nitrogens is 1. The zero-order valence-electron chi connectivity index (χ0n) is 13.4. The number of hydrogen-bond donors (Lipinski definition) is 2. The molecule has 0 spiro atoms. The molecule has 1 atom stereocenters. The van der Waals surface area contributed by atoms with Gasteiger partial charge in [0, 0.05) is 35.1 Å². The lowest BCUT2D eigenvalue weighted by atomic mass is 10.1. The maximum atomic E-state index is 12.2. The maximum absolute atomic E-state index is 12.2. The van der Waals surface area contributed by atoms with Crippen LogP contribution >= 0.6 is 11.6 Å². The molecule has 1 heterocycles. The molecule has 1 unspecified atom stereocenters. The van der Waals surface area contributed by atoms with Crippen molar-refractivity contribution in [2.45, 2.75) is 19.0 Å². The van der Waals surface area contributed by atoms with Crippen molar-refractivity contribution in [2.75, 3.05) is 0 Å². The van der Waals surface area contributed by atoms with E-state index in [0.29, 0.717) is 17.1 Å². The highest BCUT2D eigenvalue weighted by Gasteiger charge is 2.21. The van der Waals surface area contributed by atoms with Crippen molar-refractivity contribution in [1.29, 1.82) is 0 Å². The summed E-state index contributed by atoms with van der Waals surface area (Å²) in [7, 11) is 0. The summed E-state index contributed by atoms with van der Waals surface area (Å²) in [6.07, 6.45) is 2.04. The number of amides is 1. The molecule has 0 radical (unpaired) electrons. The molecule has 0 bridgehead atoms. The normalized spacial score (nSPS) is 12.0. The predicted molar refractivity (Wildman–Crippen MR) is 96.5 cm³/mol. The molecule has 3 aromatic rings. The molecule has 5 nitrogen and oxygen atoms in total.